The van der Waals surface area contributed by atoms with Gasteiger partial charge in [-0.2, -0.15) is 0 Å². The van der Waals surface area contributed by atoms with Crippen LogP contribution in [0.2, 0.25) is 0 Å². The smallest absolute Gasteiger partial charge is 0.407 e. The second-order valence-electron chi connectivity index (χ2n) is 9.05. The number of nitrogens with zero attached hydrogens (tertiary/aromatic N) is 2. The number of fused-ring (bicyclic) bond motifs is 1. The van der Waals surface area contributed by atoms with Crippen molar-refractivity contribution in [1.82, 2.24) is 10.3 Å². The Morgan fingerprint density at radius 1 is 1.21 bits per heavy atom. The predicted molar refractivity (Wildman–Crippen MR) is 121 cm³/mol. The minimum atomic E-state index is -0.480. The number of ether oxygens (including phenoxy) is 1. The molecule has 4 rings (SSSR count). The molecule has 6 heteroatoms. The number of hydrogen-bond donors (Lipinski definition) is 1. The van der Waals surface area contributed by atoms with Gasteiger partial charge in [0.15, 0.2) is 0 Å². The lowest BCUT2D eigenvalue weighted by Gasteiger charge is -2.40. The first-order valence-corrected chi connectivity index (χ1v) is 11.2. The molecule has 1 aliphatic carbocycles. The summed E-state index contributed by atoms with van der Waals surface area (Å²) in [7, 11) is 0. The number of benzene rings is 1. The lowest BCUT2D eigenvalue weighted by molar-refractivity contribution is 0.0492. The van der Waals surface area contributed by atoms with Crippen LogP contribution in [0.5, 0.6) is 0 Å². The number of halogens is 1. The van der Waals surface area contributed by atoms with Crippen molar-refractivity contribution in [2.24, 2.45) is 11.8 Å². The van der Waals surface area contributed by atoms with E-state index in [-0.39, 0.29) is 12.1 Å². The van der Waals surface area contributed by atoms with E-state index in [1.807, 2.05) is 33.0 Å². The van der Waals surface area contributed by atoms with Gasteiger partial charge in [0.05, 0.1) is 11.6 Å². The topological polar surface area (TPSA) is 54.5 Å². The second-order valence-corrected chi connectivity index (χ2v) is 10.2. The molecule has 2 atom stereocenters. The van der Waals surface area contributed by atoms with Crippen LogP contribution in [0.15, 0.2) is 30.5 Å². The van der Waals surface area contributed by atoms with Crippen molar-refractivity contribution in [3.63, 3.8) is 0 Å². The molecule has 1 aliphatic heterocycles. The predicted octanol–water partition coefficient (Wildman–Crippen LogP) is 4.97. The highest BCUT2D eigenvalue weighted by atomic mass is 127. The number of anilines is 1. The summed E-state index contributed by atoms with van der Waals surface area (Å²) < 4.78 is 6.66. The number of carbonyl (C=O) groups excluding carboxylic acids is 1. The highest BCUT2D eigenvalue weighted by Gasteiger charge is 2.38. The average Bonchev–Trinajstić information content (AvgIpc) is 3.45. The first-order chi connectivity index (χ1) is 13.3. The van der Waals surface area contributed by atoms with Gasteiger partial charge in [-0.3, -0.25) is 4.98 Å². The summed E-state index contributed by atoms with van der Waals surface area (Å²) in [6.45, 7) is 7.54. The largest absolute Gasteiger partial charge is 0.444 e. The molecule has 2 fully saturated rings. The molecule has 28 heavy (non-hydrogen) atoms. The normalized spacial score (nSPS) is 22.9. The van der Waals surface area contributed by atoms with Gasteiger partial charge in [0.1, 0.15) is 5.60 Å². The Labute approximate surface area is 180 Å². The molecule has 1 aromatic carbocycles. The fraction of sp³-hybridized carbons (Fsp3) is 0.545. The summed E-state index contributed by atoms with van der Waals surface area (Å²) in [6, 6.07) is 8.59. The van der Waals surface area contributed by atoms with Crippen molar-refractivity contribution in [2.45, 2.75) is 51.7 Å². The van der Waals surface area contributed by atoms with E-state index in [0.717, 1.165) is 34.5 Å². The number of carbonyl (C=O) groups is 1. The van der Waals surface area contributed by atoms with Crippen molar-refractivity contribution in [3.8, 4) is 0 Å². The van der Waals surface area contributed by atoms with Crippen LogP contribution in [0.25, 0.3) is 10.9 Å². The molecule has 150 valence electrons. The monoisotopic (exact) mass is 493 g/mol. The zero-order chi connectivity index (χ0) is 19.9. The summed E-state index contributed by atoms with van der Waals surface area (Å²) in [5.41, 5.74) is 1.78. The molecule has 5 nitrogen and oxygen atoms in total. The van der Waals surface area contributed by atoms with Crippen LogP contribution < -0.4 is 10.2 Å². The number of nitrogens with one attached hydrogen (secondary N) is 1. The summed E-state index contributed by atoms with van der Waals surface area (Å²) in [6.07, 6.45) is 5.19. The van der Waals surface area contributed by atoms with Gasteiger partial charge in [-0.1, -0.05) is 0 Å². The van der Waals surface area contributed by atoms with E-state index in [4.69, 9.17) is 4.74 Å². The number of aromatic nitrogens is 1. The van der Waals surface area contributed by atoms with Gasteiger partial charge in [-0.05, 0) is 98.7 Å². The van der Waals surface area contributed by atoms with E-state index >= 15 is 0 Å². The number of amides is 1. The minimum Gasteiger partial charge on any atom is -0.444 e. The number of piperidine rings is 1. The lowest BCUT2D eigenvalue weighted by Crippen LogP contribution is -2.52. The molecule has 2 aliphatic rings. The Morgan fingerprint density at radius 2 is 2.00 bits per heavy atom. The zero-order valence-electron chi connectivity index (χ0n) is 16.7. The van der Waals surface area contributed by atoms with Crippen LogP contribution in [0.1, 0.15) is 40.0 Å². The van der Waals surface area contributed by atoms with E-state index in [0.29, 0.717) is 5.92 Å². The van der Waals surface area contributed by atoms with Crippen LogP contribution in [-0.4, -0.2) is 35.8 Å². The Bertz CT molecular complexity index is 876. The van der Waals surface area contributed by atoms with Gasteiger partial charge < -0.3 is 15.0 Å². The van der Waals surface area contributed by atoms with E-state index in [9.17, 15) is 4.79 Å². The fourth-order valence-corrected chi connectivity index (χ4v) is 4.83. The van der Waals surface area contributed by atoms with Gasteiger partial charge in [0, 0.05) is 33.9 Å². The molecule has 1 amide bonds. The third kappa shape index (κ3) is 4.53. The third-order valence-electron chi connectivity index (χ3n) is 5.53. The third-order valence-corrected chi connectivity index (χ3v) is 6.40. The van der Waals surface area contributed by atoms with Gasteiger partial charge in [-0.15, -0.1) is 0 Å². The number of rotatable bonds is 3. The highest BCUT2D eigenvalue weighted by molar-refractivity contribution is 14.1. The van der Waals surface area contributed by atoms with Crippen LogP contribution >= 0.6 is 22.6 Å². The highest BCUT2D eigenvalue weighted by Crippen LogP contribution is 2.42. The molecule has 2 unspecified atom stereocenters. The van der Waals surface area contributed by atoms with Gasteiger partial charge in [-0.25, -0.2) is 4.79 Å². The van der Waals surface area contributed by atoms with Crippen molar-refractivity contribution in [2.75, 3.05) is 18.0 Å². The standard InChI is InChI=1S/C22H28IN3O2/c1-22(2,3)28-21(27)25-16-11-15(14-6-7-14)12-26(13-16)19-9-8-18(23)20-17(19)5-4-10-24-20/h4-5,8-10,14-16H,6-7,11-13H2,1-3H3,(H,25,27). The van der Waals surface area contributed by atoms with Gasteiger partial charge in [0.2, 0.25) is 0 Å². The SMILES string of the molecule is CC(C)(C)OC(=O)NC1CC(C2CC2)CN(c2ccc(I)c3ncccc23)C1. The molecule has 1 aromatic heterocycles. The molecule has 0 radical (unpaired) electrons. The van der Waals surface area contributed by atoms with E-state index in [2.05, 4.69) is 56.0 Å². The van der Waals surface area contributed by atoms with E-state index in [1.54, 1.807) is 0 Å². The van der Waals surface area contributed by atoms with E-state index in [1.165, 1.54) is 23.9 Å². The van der Waals surface area contributed by atoms with Crippen molar-refractivity contribution in [3.05, 3.63) is 34.0 Å². The number of hydrogen-bond acceptors (Lipinski definition) is 4. The minimum absolute atomic E-state index is 0.0974. The van der Waals surface area contributed by atoms with Gasteiger partial charge in [0.25, 0.3) is 0 Å². The van der Waals surface area contributed by atoms with Gasteiger partial charge >= 0.3 is 6.09 Å². The van der Waals surface area contributed by atoms with Crippen LogP contribution in [-0.2, 0) is 4.74 Å². The maximum Gasteiger partial charge on any atom is 0.407 e. The van der Waals surface area contributed by atoms with Crippen molar-refractivity contribution < 1.29 is 9.53 Å². The van der Waals surface area contributed by atoms with Crippen molar-refractivity contribution in [1.29, 1.82) is 0 Å². The molecular weight excluding hydrogens is 465 g/mol. The maximum absolute atomic E-state index is 12.4. The van der Waals surface area contributed by atoms with Crippen molar-refractivity contribution >= 4 is 45.3 Å². The zero-order valence-corrected chi connectivity index (χ0v) is 18.9. The second kappa shape index (κ2) is 7.69. The molecule has 1 N–H and O–H groups in total. The fourth-order valence-electron chi connectivity index (χ4n) is 4.22. The van der Waals surface area contributed by atoms with Crippen LogP contribution in [0.4, 0.5) is 10.5 Å². The number of pyridine rings is 1. The summed E-state index contributed by atoms with van der Waals surface area (Å²) in [5.74, 6) is 1.40. The van der Waals surface area contributed by atoms with Crippen LogP contribution in [0, 0.1) is 15.4 Å². The molecular formula is C22H28IN3O2. The summed E-state index contributed by atoms with van der Waals surface area (Å²) in [4.78, 5) is 19.4. The quantitative estimate of drug-likeness (QED) is 0.614. The van der Waals surface area contributed by atoms with Crippen LogP contribution in [0.3, 0.4) is 0 Å². The first kappa shape index (κ1) is 19.7. The molecule has 1 saturated heterocycles. The molecule has 0 bridgehead atoms. The molecule has 2 heterocycles. The maximum atomic E-state index is 12.4. The molecule has 0 spiro atoms. The molecule has 1 saturated carbocycles. The first-order valence-electron chi connectivity index (χ1n) is 10.1. The Kier molecular flexibility index (Phi) is 5.42. The lowest BCUT2D eigenvalue weighted by atomic mass is 9.89. The average molecular weight is 493 g/mol. The Morgan fingerprint density at radius 3 is 2.71 bits per heavy atom. The Hall–Kier alpha value is -1.57. The Balaban J connectivity index is 1.58. The number of alkyl carbamates (subject to hydrolysis) is 1. The summed E-state index contributed by atoms with van der Waals surface area (Å²) >= 11 is 2.35. The summed E-state index contributed by atoms with van der Waals surface area (Å²) in [5, 5.41) is 4.31. The van der Waals surface area contributed by atoms with E-state index < -0.39 is 5.60 Å². The molecule has 2 aromatic rings.